The number of hydrogen-bond donors (Lipinski definition) is 3. The lowest BCUT2D eigenvalue weighted by Crippen LogP contribution is -2.30. The van der Waals surface area contributed by atoms with E-state index in [2.05, 4.69) is 22.4 Å². The second-order valence-electron chi connectivity index (χ2n) is 5.40. The van der Waals surface area contributed by atoms with Gasteiger partial charge in [-0.3, -0.25) is 0 Å². The lowest BCUT2D eigenvalue weighted by atomic mass is 9.91. The highest BCUT2D eigenvalue weighted by molar-refractivity contribution is 5.87. The molecule has 1 saturated heterocycles. The van der Waals surface area contributed by atoms with Gasteiger partial charge in [-0.1, -0.05) is 6.07 Å². The summed E-state index contributed by atoms with van der Waals surface area (Å²) in [7, 11) is 0. The van der Waals surface area contributed by atoms with Crippen molar-refractivity contribution in [2.75, 3.05) is 13.1 Å². The van der Waals surface area contributed by atoms with E-state index in [1.54, 1.807) is 0 Å². The van der Waals surface area contributed by atoms with E-state index in [0.29, 0.717) is 11.7 Å². The molecule has 1 unspecified atom stereocenters. The van der Waals surface area contributed by atoms with Crippen LogP contribution in [0.3, 0.4) is 0 Å². The molecule has 0 amide bonds. The molecule has 3 heteroatoms. The van der Waals surface area contributed by atoms with Crippen LogP contribution in [-0.2, 0) is 6.42 Å². The predicted octanol–water partition coefficient (Wildman–Crippen LogP) is 2.72. The van der Waals surface area contributed by atoms with E-state index in [9.17, 15) is 5.11 Å². The highest BCUT2D eigenvalue weighted by atomic mass is 16.3. The van der Waals surface area contributed by atoms with Crippen LogP contribution < -0.4 is 5.32 Å². The zero-order chi connectivity index (χ0) is 12.5. The summed E-state index contributed by atoms with van der Waals surface area (Å²) in [6.07, 6.45) is 3.48. The maximum atomic E-state index is 10.4. The van der Waals surface area contributed by atoms with Gasteiger partial charge in [0.2, 0.25) is 0 Å². The van der Waals surface area contributed by atoms with E-state index in [1.807, 2.05) is 13.0 Å². The Kier molecular flexibility index (Phi) is 3.00. The molecule has 0 aliphatic carbocycles. The van der Waals surface area contributed by atoms with Crippen molar-refractivity contribution < 1.29 is 5.11 Å². The molecule has 1 aromatic heterocycles. The van der Waals surface area contributed by atoms with Crippen LogP contribution in [0.2, 0.25) is 0 Å². The first kappa shape index (κ1) is 11.6. The summed E-state index contributed by atoms with van der Waals surface area (Å²) in [5, 5.41) is 14.7. The van der Waals surface area contributed by atoms with Crippen molar-refractivity contribution in [2.24, 2.45) is 5.92 Å². The molecular weight excluding hydrogens is 224 g/mol. The van der Waals surface area contributed by atoms with Crippen molar-refractivity contribution in [3.63, 3.8) is 0 Å². The summed E-state index contributed by atoms with van der Waals surface area (Å²) in [5.41, 5.74) is 3.20. The van der Waals surface area contributed by atoms with Crippen LogP contribution in [0.15, 0.2) is 18.2 Å². The molecular formula is C15H20N2O. The monoisotopic (exact) mass is 244 g/mol. The summed E-state index contributed by atoms with van der Waals surface area (Å²) >= 11 is 0. The van der Waals surface area contributed by atoms with E-state index < -0.39 is 0 Å². The average molecular weight is 244 g/mol. The first-order chi connectivity index (χ1) is 8.74. The average Bonchev–Trinajstić information content (AvgIpc) is 2.76. The number of nitrogens with one attached hydrogen (secondary N) is 2. The molecule has 0 bridgehead atoms. The van der Waals surface area contributed by atoms with E-state index in [1.165, 1.54) is 12.8 Å². The molecule has 1 aliphatic rings. The van der Waals surface area contributed by atoms with E-state index in [4.69, 9.17) is 0 Å². The number of H-pyrrole nitrogens is 1. The van der Waals surface area contributed by atoms with Gasteiger partial charge in [-0.25, -0.2) is 0 Å². The lowest BCUT2D eigenvalue weighted by Gasteiger charge is -2.23. The van der Waals surface area contributed by atoms with Crippen LogP contribution in [0.4, 0.5) is 0 Å². The highest BCUT2D eigenvalue weighted by Crippen LogP contribution is 2.31. The van der Waals surface area contributed by atoms with Crippen LogP contribution in [0.1, 0.15) is 24.1 Å². The fourth-order valence-corrected chi connectivity index (χ4v) is 2.95. The number of hydrogen-bond acceptors (Lipinski definition) is 2. The number of benzene rings is 1. The van der Waals surface area contributed by atoms with Gasteiger partial charge >= 0.3 is 0 Å². The summed E-state index contributed by atoms with van der Waals surface area (Å²) < 4.78 is 0. The van der Waals surface area contributed by atoms with Crippen molar-refractivity contribution >= 4 is 10.9 Å². The van der Waals surface area contributed by atoms with Crippen molar-refractivity contribution in [3.05, 3.63) is 29.5 Å². The quantitative estimate of drug-likeness (QED) is 0.760. The summed E-state index contributed by atoms with van der Waals surface area (Å²) in [4.78, 5) is 3.26. The van der Waals surface area contributed by atoms with Crippen molar-refractivity contribution in [1.82, 2.24) is 10.3 Å². The fourth-order valence-electron chi connectivity index (χ4n) is 2.95. The maximum Gasteiger partial charge on any atom is 0.128 e. The predicted molar refractivity (Wildman–Crippen MR) is 74.0 cm³/mol. The minimum atomic E-state index is 0.461. The Bertz CT molecular complexity index is 553. The second-order valence-corrected chi connectivity index (χ2v) is 5.40. The van der Waals surface area contributed by atoms with Gasteiger partial charge in [0, 0.05) is 16.6 Å². The minimum absolute atomic E-state index is 0.461. The number of aromatic amines is 1. The molecule has 96 valence electrons. The van der Waals surface area contributed by atoms with Gasteiger partial charge in [0.15, 0.2) is 0 Å². The Morgan fingerprint density at radius 2 is 2.28 bits per heavy atom. The number of aromatic nitrogens is 1. The van der Waals surface area contributed by atoms with Crippen molar-refractivity contribution in [2.45, 2.75) is 26.2 Å². The number of aryl methyl sites for hydroxylation is 1. The zero-order valence-electron chi connectivity index (χ0n) is 10.8. The topological polar surface area (TPSA) is 48.0 Å². The van der Waals surface area contributed by atoms with Crippen LogP contribution in [0, 0.1) is 12.8 Å². The maximum absolute atomic E-state index is 10.4. The standard InChI is InChI=1S/C15H20N2O/c1-10-7-13-14(17-10)5-4-12(15(13)18)8-11-3-2-6-16-9-11/h4-5,7,11,16-18H,2-3,6,8-9H2,1H3. The molecule has 0 spiro atoms. The summed E-state index contributed by atoms with van der Waals surface area (Å²) in [6, 6.07) is 6.16. The number of fused-ring (bicyclic) bond motifs is 1. The molecule has 2 heterocycles. The molecule has 18 heavy (non-hydrogen) atoms. The Morgan fingerprint density at radius 3 is 3.06 bits per heavy atom. The van der Waals surface area contributed by atoms with Gasteiger partial charge in [-0.05, 0) is 62.9 Å². The smallest absolute Gasteiger partial charge is 0.128 e. The third-order valence-electron chi connectivity index (χ3n) is 3.90. The molecule has 1 atom stereocenters. The number of piperidine rings is 1. The van der Waals surface area contributed by atoms with Crippen molar-refractivity contribution in [3.8, 4) is 5.75 Å². The summed E-state index contributed by atoms with van der Waals surface area (Å²) in [6.45, 7) is 4.23. The Labute approximate surface area is 107 Å². The Morgan fingerprint density at radius 1 is 1.39 bits per heavy atom. The van der Waals surface area contributed by atoms with E-state index >= 15 is 0 Å². The van der Waals surface area contributed by atoms with Crippen LogP contribution in [0.5, 0.6) is 5.75 Å². The number of phenolic OH excluding ortho intramolecular Hbond substituents is 1. The Balaban J connectivity index is 1.89. The van der Waals surface area contributed by atoms with Gasteiger partial charge in [0.05, 0.1) is 0 Å². The lowest BCUT2D eigenvalue weighted by molar-refractivity contribution is 0.370. The van der Waals surface area contributed by atoms with E-state index in [-0.39, 0.29) is 0 Å². The summed E-state index contributed by atoms with van der Waals surface area (Å²) in [5.74, 6) is 1.12. The molecule has 1 aromatic carbocycles. The van der Waals surface area contributed by atoms with Crippen molar-refractivity contribution in [1.29, 1.82) is 0 Å². The molecule has 1 aliphatic heterocycles. The molecule has 2 aromatic rings. The number of aromatic hydroxyl groups is 1. The molecule has 1 fully saturated rings. The molecule has 0 radical (unpaired) electrons. The minimum Gasteiger partial charge on any atom is -0.507 e. The molecule has 3 nitrogen and oxygen atoms in total. The second kappa shape index (κ2) is 4.65. The normalized spacial score (nSPS) is 20.4. The molecule has 3 rings (SSSR count). The van der Waals surface area contributed by atoms with Gasteiger partial charge in [0.1, 0.15) is 5.75 Å². The SMILES string of the molecule is Cc1cc2c(O)c(CC3CCCNC3)ccc2[nH]1. The number of rotatable bonds is 2. The fraction of sp³-hybridized carbons (Fsp3) is 0.467. The van der Waals surface area contributed by atoms with Crippen LogP contribution in [0.25, 0.3) is 10.9 Å². The molecule has 0 saturated carbocycles. The first-order valence-corrected chi connectivity index (χ1v) is 6.75. The van der Waals surface area contributed by atoms with E-state index in [0.717, 1.165) is 41.7 Å². The third kappa shape index (κ3) is 2.10. The molecule has 3 N–H and O–H groups in total. The van der Waals surface area contributed by atoms with Gasteiger partial charge in [-0.15, -0.1) is 0 Å². The number of phenols is 1. The van der Waals surface area contributed by atoms with Gasteiger partial charge in [0.25, 0.3) is 0 Å². The third-order valence-corrected chi connectivity index (χ3v) is 3.90. The zero-order valence-corrected chi connectivity index (χ0v) is 10.8. The first-order valence-electron chi connectivity index (χ1n) is 6.75. The van der Waals surface area contributed by atoms with Gasteiger partial charge < -0.3 is 15.4 Å². The van der Waals surface area contributed by atoms with Crippen LogP contribution >= 0.6 is 0 Å². The van der Waals surface area contributed by atoms with Crippen LogP contribution in [-0.4, -0.2) is 23.2 Å². The largest absolute Gasteiger partial charge is 0.507 e. The van der Waals surface area contributed by atoms with Gasteiger partial charge in [-0.2, -0.15) is 0 Å². The Hall–Kier alpha value is -1.48. The highest BCUT2D eigenvalue weighted by Gasteiger charge is 2.16.